The number of amides is 1. The van der Waals surface area contributed by atoms with Crippen LogP contribution in [0.3, 0.4) is 0 Å². The third-order valence-electron chi connectivity index (χ3n) is 4.05. The van der Waals surface area contributed by atoms with Crippen LogP contribution >= 0.6 is 0 Å². The van der Waals surface area contributed by atoms with E-state index in [1.807, 2.05) is 24.3 Å². The van der Waals surface area contributed by atoms with Crippen LogP contribution in [0.2, 0.25) is 0 Å². The molecule has 0 bridgehead atoms. The number of nitrogens with zero attached hydrogens (tertiary/aromatic N) is 1. The standard InChI is InChI=1S/C21H20FN3O2/c1-27-19-8-6-15(7-9-19)11-25-21(26)17-10-18(14-23-12-17)24-13-16-4-2-3-5-20(16)22/h2-10,12,14,24H,11,13H2,1H3,(H,25,26). The normalized spacial score (nSPS) is 10.3. The number of aromatic nitrogens is 1. The van der Waals surface area contributed by atoms with Gasteiger partial charge in [0.15, 0.2) is 0 Å². The van der Waals surface area contributed by atoms with Gasteiger partial charge in [0.2, 0.25) is 0 Å². The van der Waals surface area contributed by atoms with Crippen LogP contribution in [-0.4, -0.2) is 18.0 Å². The highest BCUT2D eigenvalue weighted by Gasteiger charge is 2.08. The van der Waals surface area contributed by atoms with Crippen molar-refractivity contribution in [3.05, 3.63) is 89.5 Å². The summed E-state index contributed by atoms with van der Waals surface area (Å²) in [5.74, 6) is 0.266. The molecule has 0 radical (unpaired) electrons. The first-order valence-corrected chi connectivity index (χ1v) is 8.49. The predicted molar refractivity (Wildman–Crippen MR) is 102 cm³/mol. The summed E-state index contributed by atoms with van der Waals surface area (Å²) in [7, 11) is 1.61. The number of pyridine rings is 1. The lowest BCUT2D eigenvalue weighted by atomic mass is 10.2. The molecule has 3 rings (SSSR count). The van der Waals surface area contributed by atoms with Gasteiger partial charge in [-0.15, -0.1) is 0 Å². The Kier molecular flexibility index (Phi) is 5.99. The minimum absolute atomic E-state index is 0.229. The van der Waals surface area contributed by atoms with E-state index in [1.165, 1.54) is 12.3 Å². The molecule has 1 heterocycles. The largest absolute Gasteiger partial charge is 0.497 e. The molecule has 3 aromatic rings. The summed E-state index contributed by atoms with van der Waals surface area (Å²) < 4.78 is 18.8. The third-order valence-corrected chi connectivity index (χ3v) is 4.05. The Morgan fingerprint density at radius 2 is 1.85 bits per heavy atom. The number of halogens is 1. The molecule has 0 saturated heterocycles. The molecule has 1 amide bonds. The predicted octanol–water partition coefficient (Wildman–Crippen LogP) is 3.77. The van der Waals surface area contributed by atoms with E-state index < -0.39 is 0 Å². The van der Waals surface area contributed by atoms with Crippen molar-refractivity contribution in [2.45, 2.75) is 13.1 Å². The minimum Gasteiger partial charge on any atom is -0.497 e. The quantitative estimate of drug-likeness (QED) is 0.669. The lowest BCUT2D eigenvalue weighted by Gasteiger charge is -2.09. The molecule has 0 unspecified atom stereocenters. The van der Waals surface area contributed by atoms with Crippen molar-refractivity contribution < 1.29 is 13.9 Å². The molecule has 27 heavy (non-hydrogen) atoms. The van der Waals surface area contributed by atoms with Crippen molar-refractivity contribution in [1.82, 2.24) is 10.3 Å². The maximum atomic E-state index is 13.7. The first kappa shape index (κ1) is 18.4. The number of hydrogen-bond donors (Lipinski definition) is 2. The average molecular weight is 365 g/mol. The summed E-state index contributed by atoms with van der Waals surface area (Å²) in [5.41, 5.74) is 2.59. The highest BCUT2D eigenvalue weighted by Crippen LogP contribution is 2.14. The first-order chi connectivity index (χ1) is 13.2. The van der Waals surface area contributed by atoms with Gasteiger partial charge in [0.1, 0.15) is 11.6 Å². The number of carbonyl (C=O) groups excluding carboxylic acids is 1. The topological polar surface area (TPSA) is 63.2 Å². The lowest BCUT2D eigenvalue weighted by molar-refractivity contribution is 0.0950. The summed E-state index contributed by atoms with van der Waals surface area (Å²) >= 11 is 0. The zero-order chi connectivity index (χ0) is 19.1. The van der Waals surface area contributed by atoms with Gasteiger partial charge in [-0.2, -0.15) is 0 Å². The van der Waals surface area contributed by atoms with Gasteiger partial charge in [-0.25, -0.2) is 4.39 Å². The molecule has 1 aromatic heterocycles. The molecule has 5 nitrogen and oxygen atoms in total. The van der Waals surface area contributed by atoms with E-state index in [-0.39, 0.29) is 11.7 Å². The first-order valence-electron chi connectivity index (χ1n) is 8.49. The number of carbonyl (C=O) groups is 1. The minimum atomic E-state index is -0.272. The van der Waals surface area contributed by atoms with E-state index in [4.69, 9.17) is 4.74 Å². The van der Waals surface area contributed by atoms with Gasteiger partial charge in [0, 0.05) is 31.0 Å². The monoisotopic (exact) mass is 365 g/mol. The second-order valence-corrected chi connectivity index (χ2v) is 5.94. The van der Waals surface area contributed by atoms with Crippen LogP contribution in [0.4, 0.5) is 10.1 Å². The number of ether oxygens (including phenoxy) is 1. The molecule has 2 aromatic carbocycles. The van der Waals surface area contributed by atoms with Gasteiger partial charge >= 0.3 is 0 Å². The van der Waals surface area contributed by atoms with Gasteiger partial charge in [0.05, 0.1) is 18.4 Å². The van der Waals surface area contributed by atoms with Crippen LogP contribution in [0, 0.1) is 5.82 Å². The van der Waals surface area contributed by atoms with Crippen molar-refractivity contribution in [2.75, 3.05) is 12.4 Å². The summed E-state index contributed by atoms with van der Waals surface area (Å²) in [6.07, 6.45) is 3.10. The summed E-state index contributed by atoms with van der Waals surface area (Å²) in [4.78, 5) is 16.4. The van der Waals surface area contributed by atoms with Crippen LogP contribution in [0.15, 0.2) is 67.0 Å². The Bertz CT molecular complexity index is 913. The average Bonchev–Trinajstić information content (AvgIpc) is 2.72. The van der Waals surface area contributed by atoms with Gasteiger partial charge < -0.3 is 15.4 Å². The van der Waals surface area contributed by atoms with Crippen LogP contribution in [0.1, 0.15) is 21.5 Å². The zero-order valence-corrected chi connectivity index (χ0v) is 14.9. The van der Waals surface area contributed by atoms with Gasteiger partial charge in [0.25, 0.3) is 5.91 Å². The molecule has 2 N–H and O–H groups in total. The number of hydrogen-bond acceptors (Lipinski definition) is 4. The third kappa shape index (κ3) is 5.04. The zero-order valence-electron chi connectivity index (χ0n) is 14.9. The fourth-order valence-corrected chi connectivity index (χ4v) is 2.53. The SMILES string of the molecule is COc1ccc(CNC(=O)c2cncc(NCc3ccccc3F)c2)cc1. The fourth-order valence-electron chi connectivity index (χ4n) is 2.53. The number of rotatable bonds is 7. The number of nitrogens with one attached hydrogen (secondary N) is 2. The Morgan fingerprint density at radius 3 is 2.59 bits per heavy atom. The van der Waals surface area contributed by atoms with Crippen LogP contribution < -0.4 is 15.4 Å². The molecule has 0 aliphatic carbocycles. The van der Waals surface area contributed by atoms with Crippen molar-refractivity contribution in [3.8, 4) is 5.75 Å². The molecular formula is C21H20FN3O2. The Morgan fingerprint density at radius 1 is 1.07 bits per heavy atom. The Labute approximate surface area is 157 Å². The van der Waals surface area contributed by atoms with Crippen molar-refractivity contribution >= 4 is 11.6 Å². The molecule has 0 aliphatic rings. The van der Waals surface area contributed by atoms with E-state index in [0.29, 0.717) is 29.9 Å². The number of methoxy groups -OCH3 is 1. The van der Waals surface area contributed by atoms with Gasteiger partial charge in [-0.1, -0.05) is 30.3 Å². The van der Waals surface area contributed by atoms with E-state index >= 15 is 0 Å². The summed E-state index contributed by atoms with van der Waals surface area (Å²) in [5, 5.41) is 5.94. The van der Waals surface area contributed by atoms with Crippen LogP contribution in [0.25, 0.3) is 0 Å². The maximum absolute atomic E-state index is 13.7. The van der Waals surface area contributed by atoms with Crippen molar-refractivity contribution in [2.24, 2.45) is 0 Å². The van der Waals surface area contributed by atoms with E-state index in [9.17, 15) is 9.18 Å². The highest BCUT2D eigenvalue weighted by atomic mass is 19.1. The molecule has 0 fully saturated rings. The molecular weight excluding hydrogens is 345 g/mol. The van der Waals surface area contributed by atoms with Crippen molar-refractivity contribution in [1.29, 1.82) is 0 Å². The van der Waals surface area contributed by atoms with Gasteiger partial charge in [-0.05, 0) is 29.8 Å². The molecule has 138 valence electrons. The van der Waals surface area contributed by atoms with E-state index in [0.717, 1.165) is 11.3 Å². The number of anilines is 1. The van der Waals surface area contributed by atoms with Crippen LogP contribution in [0.5, 0.6) is 5.75 Å². The van der Waals surface area contributed by atoms with Gasteiger partial charge in [-0.3, -0.25) is 9.78 Å². The Balaban J connectivity index is 1.58. The molecule has 0 saturated carbocycles. The molecule has 0 atom stereocenters. The van der Waals surface area contributed by atoms with Crippen LogP contribution in [-0.2, 0) is 13.1 Å². The second-order valence-electron chi connectivity index (χ2n) is 5.94. The molecule has 6 heteroatoms. The molecule has 0 spiro atoms. The smallest absolute Gasteiger partial charge is 0.253 e. The fraction of sp³-hybridized carbons (Fsp3) is 0.143. The van der Waals surface area contributed by atoms with Crippen molar-refractivity contribution in [3.63, 3.8) is 0 Å². The lowest BCUT2D eigenvalue weighted by Crippen LogP contribution is -2.23. The maximum Gasteiger partial charge on any atom is 0.253 e. The van der Waals surface area contributed by atoms with E-state index in [2.05, 4.69) is 15.6 Å². The highest BCUT2D eigenvalue weighted by molar-refractivity contribution is 5.94. The second kappa shape index (κ2) is 8.80. The van der Waals surface area contributed by atoms with E-state index in [1.54, 1.807) is 37.6 Å². The summed E-state index contributed by atoms with van der Waals surface area (Å²) in [6, 6.07) is 15.7. The number of benzene rings is 2. The Hall–Kier alpha value is -3.41. The molecule has 0 aliphatic heterocycles. The summed E-state index contributed by atoms with van der Waals surface area (Å²) in [6.45, 7) is 0.709.